The van der Waals surface area contributed by atoms with E-state index in [4.69, 9.17) is 5.11 Å². The zero-order chi connectivity index (χ0) is 14.2. The normalized spacial score (nSPS) is 10.5. The molecular weight excluding hydrogens is 262 g/mol. The highest BCUT2D eigenvalue weighted by molar-refractivity contribution is 7.17. The number of hydrogen-bond donors (Lipinski definition) is 1. The van der Waals surface area contributed by atoms with E-state index in [9.17, 15) is 9.59 Å². The monoisotopic (exact) mass is 275 g/mol. The summed E-state index contributed by atoms with van der Waals surface area (Å²) in [6.45, 7) is 5.28. The summed E-state index contributed by atoms with van der Waals surface area (Å²) in [5, 5.41) is 9.65. The molecule has 0 aliphatic rings. The molecule has 2 rings (SSSR count). The first kappa shape index (κ1) is 13.4. The van der Waals surface area contributed by atoms with Crippen molar-refractivity contribution in [3.05, 3.63) is 39.9 Å². The number of nitrogens with zero attached hydrogens (tertiary/aromatic N) is 1. The minimum absolute atomic E-state index is 0.160. The molecule has 2 aromatic rings. The zero-order valence-corrected chi connectivity index (χ0v) is 11.7. The summed E-state index contributed by atoms with van der Waals surface area (Å²) < 4.78 is 0. The molecule has 1 N–H and O–H groups in total. The lowest BCUT2D eigenvalue weighted by atomic mass is 10.1. The van der Waals surface area contributed by atoms with Crippen LogP contribution in [-0.4, -0.2) is 21.8 Å². The van der Waals surface area contributed by atoms with E-state index in [2.05, 4.69) is 4.98 Å². The van der Waals surface area contributed by atoms with Crippen LogP contribution >= 0.6 is 11.3 Å². The Kier molecular flexibility index (Phi) is 3.48. The van der Waals surface area contributed by atoms with Crippen molar-refractivity contribution in [1.29, 1.82) is 0 Å². The van der Waals surface area contributed by atoms with Gasteiger partial charge in [-0.15, -0.1) is 11.3 Å². The second-order valence-electron chi connectivity index (χ2n) is 4.38. The smallest absolute Gasteiger partial charge is 0.356 e. The van der Waals surface area contributed by atoms with Crippen LogP contribution in [0, 0.1) is 13.8 Å². The highest BCUT2D eigenvalue weighted by Gasteiger charge is 2.21. The third kappa shape index (κ3) is 2.56. The number of aromatic carboxylic acids is 1. The summed E-state index contributed by atoms with van der Waals surface area (Å²) >= 11 is 1.13. The summed E-state index contributed by atoms with van der Waals surface area (Å²) in [5.41, 5.74) is 2.85. The fourth-order valence-corrected chi connectivity index (χ4v) is 2.92. The molecule has 19 heavy (non-hydrogen) atoms. The lowest BCUT2D eigenvalue weighted by molar-refractivity contribution is 0.0687. The van der Waals surface area contributed by atoms with Crippen LogP contribution in [0.25, 0.3) is 10.6 Å². The number of carbonyl (C=O) groups excluding carboxylic acids is 1. The lowest BCUT2D eigenvalue weighted by Gasteiger charge is -2.02. The largest absolute Gasteiger partial charge is 0.476 e. The number of hydrogen-bond acceptors (Lipinski definition) is 4. The lowest BCUT2D eigenvalue weighted by Crippen LogP contribution is -2.03. The number of thiazole rings is 1. The summed E-state index contributed by atoms with van der Waals surface area (Å²) in [5.74, 6) is -1.44. The van der Waals surface area contributed by atoms with Gasteiger partial charge in [0, 0.05) is 12.5 Å². The van der Waals surface area contributed by atoms with E-state index in [-0.39, 0.29) is 16.4 Å². The van der Waals surface area contributed by atoms with Crippen LogP contribution in [0.1, 0.15) is 38.2 Å². The SMILES string of the molecule is CC(=O)c1sc(-c2ccc(C)cc2C)nc1C(=O)O. The van der Waals surface area contributed by atoms with Crippen molar-refractivity contribution < 1.29 is 14.7 Å². The van der Waals surface area contributed by atoms with E-state index < -0.39 is 5.97 Å². The predicted molar refractivity (Wildman–Crippen MR) is 74.0 cm³/mol. The number of carboxylic acids is 1. The molecule has 0 amide bonds. The maximum absolute atomic E-state index is 11.5. The Hall–Kier alpha value is -2.01. The standard InChI is InChI=1S/C14H13NO3S/c1-7-4-5-10(8(2)6-7)13-15-11(14(17)18)12(19-13)9(3)16/h4-6H,1-3H3,(H,17,18). The van der Waals surface area contributed by atoms with Crippen molar-refractivity contribution in [3.8, 4) is 10.6 Å². The van der Waals surface area contributed by atoms with Crippen LogP contribution in [0.15, 0.2) is 18.2 Å². The van der Waals surface area contributed by atoms with Gasteiger partial charge in [0.25, 0.3) is 0 Å². The van der Waals surface area contributed by atoms with Gasteiger partial charge in [-0.25, -0.2) is 9.78 Å². The van der Waals surface area contributed by atoms with Gasteiger partial charge < -0.3 is 5.11 Å². The van der Waals surface area contributed by atoms with Crippen molar-refractivity contribution in [1.82, 2.24) is 4.98 Å². The molecule has 5 heteroatoms. The quantitative estimate of drug-likeness (QED) is 0.872. The Morgan fingerprint density at radius 1 is 1.26 bits per heavy atom. The summed E-state index contributed by atoms with van der Waals surface area (Å²) in [4.78, 5) is 26.8. The fourth-order valence-electron chi connectivity index (χ4n) is 1.87. The van der Waals surface area contributed by atoms with Crippen LogP contribution in [0.3, 0.4) is 0 Å². The first-order valence-electron chi connectivity index (χ1n) is 5.73. The molecule has 1 aromatic carbocycles. The van der Waals surface area contributed by atoms with E-state index in [0.717, 1.165) is 28.0 Å². The second-order valence-corrected chi connectivity index (χ2v) is 5.38. The number of ketones is 1. The van der Waals surface area contributed by atoms with Gasteiger partial charge in [0.05, 0.1) is 0 Å². The highest BCUT2D eigenvalue weighted by atomic mass is 32.1. The van der Waals surface area contributed by atoms with Gasteiger partial charge in [-0.2, -0.15) is 0 Å². The van der Waals surface area contributed by atoms with Crippen LogP contribution in [-0.2, 0) is 0 Å². The maximum atomic E-state index is 11.5. The Balaban J connectivity index is 2.60. The maximum Gasteiger partial charge on any atom is 0.356 e. The molecule has 4 nitrogen and oxygen atoms in total. The number of carbonyl (C=O) groups is 2. The van der Waals surface area contributed by atoms with Gasteiger partial charge in [0.1, 0.15) is 9.88 Å². The molecule has 0 atom stereocenters. The minimum Gasteiger partial charge on any atom is -0.476 e. The van der Waals surface area contributed by atoms with E-state index in [0.29, 0.717) is 5.01 Å². The van der Waals surface area contributed by atoms with Crippen LogP contribution < -0.4 is 0 Å². The average Bonchev–Trinajstić information content (AvgIpc) is 2.73. The van der Waals surface area contributed by atoms with Crippen molar-refractivity contribution in [2.45, 2.75) is 20.8 Å². The molecule has 0 radical (unpaired) electrons. The van der Waals surface area contributed by atoms with Gasteiger partial charge in [-0.05, 0) is 19.4 Å². The number of rotatable bonds is 3. The Morgan fingerprint density at radius 2 is 1.95 bits per heavy atom. The fraction of sp³-hybridized carbons (Fsp3) is 0.214. The van der Waals surface area contributed by atoms with Gasteiger partial charge in [-0.1, -0.05) is 23.8 Å². The summed E-state index contributed by atoms with van der Waals surface area (Å²) in [6, 6.07) is 5.85. The Morgan fingerprint density at radius 3 is 2.42 bits per heavy atom. The number of Topliss-reactive ketones (excluding diaryl/α,β-unsaturated/α-hetero) is 1. The molecule has 0 fully saturated rings. The highest BCUT2D eigenvalue weighted by Crippen LogP contribution is 2.31. The van der Waals surface area contributed by atoms with Crippen LogP contribution in [0.5, 0.6) is 0 Å². The number of benzene rings is 1. The van der Waals surface area contributed by atoms with Gasteiger partial charge in [-0.3, -0.25) is 4.79 Å². The van der Waals surface area contributed by atoms with Crippen LogP contribution in [0.2, 0.25) is 0 Å². The van der Waals surface area contributed by atoms with Crippen molar-refractivity contribution in [3.63, 3.8) is 0 Å². The third-order valence-corrected chi connectivity index (χ3v) is 3.95. The molecule has 0 unspecified atom stereocenters. The number of aryl methyl sites for hydroxylation is 2. The summed E-state index contributed by atoms with van der Waals surface area (Å²) in [7, 11) is 0. The number of aromatic nitrogens is 1. The molecular formula is C14H13NO3S. The molecule has 98 valence electrons. The number of carboxylic acid groups (broad SMARTS) is 1. The molecule has 0 saturated heterocycles. The zero-order valence-electron chi connectivity index (χ0n) is 10.9. The van der Waals surface area contributed by atoms with Gasteiger partial charge in [0.15, 0.2) is 11.5 Å². The topological polar surface area (TPSA) is 67.3 Å². The van der Waals surface area contributed by atoms with E-state index in [1.54, 1.807) is 0 Å². The average molecular weight is 275 g/mol. The first-order chi connectivity index (χ1) is 8.90. The molecule has 1 aromatic heterocycles. The van der Waals surface area contributed by atoms with Gasteiger partial charge in [0.2, 0.25) is 0 Å². The molecule has 1 heterocycles. The van der Waals surface area contributed by atoms with E-state index in [1.807, 2.05) is 32.0 Å². The first-order valence-corrected chi connectivity index (χ1v) is 6.54. The summed E-state index contributed by atoms with van der Waals surface area (Å²) in [6.07, 6.45) is 0. The molecule has 0 saturated carbocycles. The van der Waals surface area contributed by atoms with Crippen molar-refractivity contribution in [2.24, 2.45) is 0 Å². The predicted octanol–water partition coefficient (Wildman–Crippen LogP) is 3.33. The molecule has 0 bridgehead atoms. The van der Waals surface area contributed by atoms with Crippen molar-refractivity contribution >= 4 is 23.1 Å². The third-order valence-electron chi connectivity index (χ3n) is 2.76. The van der Waals surface area contributed by atoms with Crippen LogP contribution in [0.4, 0.5) is 0 Å². The van der Waals surface area contributed by atoms with E-state index >= 15 is 0 Å². The van der Waals surface area contributed by atoms with Gasteiger partial charge >= 0.3 is 5.97 Å². The Bertz CT molecular complexity index is 642. The molecule has 0 spiro atoms. The van der Waals surface area contributed by atoms with E-state index in [1.165, 1.54) is 6.92 Å². The molecule has 0 aliphatic heterocycles. The Labute approximate surface area is 114 Å². The van der Waals surface area contributed by atoms with Crippen molar-refractivity contribution in [2.75, 3.05) is 0 Å². The minimum atomic E-state index is -1.17. The molecule has 0 aliphatic carbocycles. The second kappa shape index (κ2) is 4.93.